The molecule has 1 aromatic heterocycles. The molecule has 2 bridgehead atoms. The van der Waals surface area contributed by atoms with E-state index in [2.05, 4.69) is 38.7 Å². The molecule has 0 spiro atoms. The van der Waals surface area contributed by atoms with E-state index in [0.29, 0.717) is 5.92 Å². The number of likely N-dealkylation sites (tertiary alicyclic amines) is 1. The first kappa shape index (κ1) is 21.8. The van der Waals surface area contributed by atoms with E-state index < -0.39 is 12.7 Å². The van der Waals surface area contributed by atoms with Gasteiger partial charge in [0.1, 0.15) is 11.4 Å². The fourth-order valence-corrected chi connectivity index (χ4v) is 5.23. The Morgan fingerprint density at radius 3 is 2.53 bits per heavy atom. The molecule has 7 nitrogen and oxygen atoms in total. The first-order valence-electron chi connectivity index (χ1n) is 11.7. The lowest BCUT2D eigenvalue weighted by molar-refractivity contribution is 0.00578. The first-order valence-corrected chi connectivity index (χ1v) is 11.7. The van der Waals surface area contributed by atoms with Crippen molar-refractivity contribution in [3.05, 3.63) is 24.0 Å². The summed E-state index contributed by atoms with van der Waals surface area (Å²) in [6, 6.07) is 6.23. The summed E-state index contributed by atoms with van der Waals surface area (Å²) in [7, 11) is -0.420. The van der Waals surface area contributed by atoms with Crippen LogP contribution in [0.2, 0.25) is 0 Å². The molecule has 3 heterocycles. The van der Waals surface area contributed by atoms with E-state index >= 15 is 0 Å². The van der Waals surface area contributed by atoms with Crippen LogP contribution in [0.3, 0.4) is 0 Å². The molecule has 2 aliphatic heterocycles. The normalized spacial score (nSPS) is 28.7. The molecule has 3 aliphatic rings. The molecular weight excluding hydrogens is 405 g/mol. The number of hydrogen-bond donors (Lipinski definition) is 1. The third kappa shape index (κ3) is 3.52. The second-order valence-corrected chi connectivity index (χ2v) is 11.5. The summed E-state index contributed by atoms with van der Waals surface area (Å²) in [4.78, 5) is 23.3. The highest BCUT2D eigenvalue weighted by Gasteiger charge is 2.52. The van der Waals surface area contributed by atoms with Crippen molar-refractivity contribution in [3.8, 4) is 0 Å². The van der Waals surface area contributed by atoms with Crippen molar-refractivity contribution < 1.29 is 18.8 Å². The third-order valence-corrected chi connectivity index (χ3v) is 7.52. The number of nitrogens with zero attached hydrogens (tertiary/aromatic N) is 2. The number of H-pyrrole nitrogens is 1. The molecule has 5 rings (SSSR count). The van der Waals surface area contributed by atoms with Crippen molar-refractivity contribution in [1.82, 2.24) is 14.9 Å². The quantitative estimate of drug-likeness (QED) is 0.706. The van der Waals surface area contributed by atoms with Gasteiger partial charge in [0, 0.05) is 6.04 Å². The molecule has 0 unspecified atom stereocenters. The van der Waals surface area contributed by atoms with Crippen LogP contribution in [0.15, 0.2) is 18.2 Å². The van der Waals surface area contributed by atoms with Crippen LogP contribution in [0.25, 0.3) is 11.0 Å². The van der Waals surface area contributed by atoms with Gasteiger partial charge >= 0.3 is 13.2 Å². The second-order valence-electron chi connectivity index (χ2n) is 11.5. The third-order valence-electron chi connectivity index (χ3n) is 7.52. The second kappa shape index (κ2) is 6.97. The van der Waals surface area contributed by atoms with E-state index in [4.69, 9.17) is 19.0 Å². The van der Waals surface area contributed by atoms with Crippen molar-refractivity contribution in [2.75, 3.05) is 0 Å². The van der Waals surface area contributed by atoms with Crippen molar-refractivity contribution in [2.24, 2.45) is 5.92 Å². The molecule has 1 N–H and O–H groups in total. The molecule has 8 heteroatoms. The van der Waals surface area contributed by atoms with Crippen LogP contribution in [0.4, 0.5) is 4.79 Å². The van der Waals surface area contributed by atoms with Crippen LogP contribution in [-0.4, -0.2) is 50.9 Å². The number of benzene rings is 1. The molecule has 2 aromatic rings. The van der Waals surface area contributed by atoms with Gasteiger partial charge in [-0.15, -0.1) is 0 Å². The number of piperidine rings is 1. The van der Waals surface area contributed by atoms with E-state index in [1.54, 1.807) is 0 Å². The largest absolute Gasteiger partial charge is 0.494 e. The maximum atomic E-state index is 13.0. The van der Waals surface area contributed by atoms with Crippen LogP contribution in [0.1, 0.15) is 79.6 Å². The number of aromatic nitrogens is 2. The molecule has 1 amide bonds. The molecule has 1 saturated carbocycles. The zero-order valence-corrected chi connectivity index (χ0v) is 20.2. The minimum Gasteiger partial charge on any atom is -0.444 e. The first-order chi connectivity index (χ1) is 14.8. The summed E-state index contributed by atoms with van der Waals surface area (Å²) in [5.74, 6) is 1.25. The average molecular weight is 439 g/mol. The van der Waals surface area contributed by atoms with Crippen LogP contribution in [0, 0.1) is 5.92 Å². The van der Waals surface area contributed by atoms with Gasteiger partial charge in [-0.2, -0.15) is 0 Å². The smallest absolute Gasteiger partial charge is 0.444 e. The number of rotatable bonds is 2. The topological polar surface area (TPSA) is 76.7 Å². The Labute approximate surface area is 190 Å². The Hall–Kier alpha value is -2.06. The maximum absolute atomic E-state index is 13.0. The highest BCUT2D eigenvalue weighted by atomic mass is 16.7. The highest BCUT2D eigenvalue weighted by Crippen LogP contribution is 2.50. The molecule has 32 heavy (non-hydrogen) atoms. The summed E-state index contributed by atoms with van der Waals surface area (Å²) in [5.41, 5.74) is 1.48. The van der Waals surface area contributed by atoms with E-state index in [1.165, 1.54) is 0 Å². The molecule has 3 fully saturated rings. The molecule has 1 aromatic carbocycles. The van der Waals surface area contributed by atoms with Gasteiger partial charge in [-0.25, -0.2) is 9.78 Å². The minimum atomic E-state index is -0.519. The monoisotopic (exact) mass is 439 g/mol. The van der Waals surface area contributed by atoms with Gasteiger partial charge in [-0.05, 0) is 91.2 Å². The number of aromatic amines is 1. The summed E-state index contributed by atoms with van der Waals surface area (Å²) >= 11 is 0. The van der Waals surface area contributed by atoms with Crippen molar-refractivity contribution in [3.63, 3.8) is 0 Å². The lowest BCUT2D eigenvalue weighted by Gasteiger charge is -2.35. The number of hydrogen-bond acceptors (Lipinski definition) is 5. The Morgan fingerprint density at radius 2 is 1.88 bits per heavy atom. The molecule has 1 aliphatic carbocycles. The number of carbonyl (C=O) groups excluding carboxylic acids is 1. The summed E-state index contributed by atoms with van der Waals surface area (Å²) < 4.78 is 18.2. The number of nitrogens with one attached hydrogen (secondary N) is 1. The van der Waals surface area contributed by atoms with E-state index in [-0.39, 0.29) is 29.4 Å². The van der Waals surface area contributed by atoms with Crippen LogP contribution in [-0.2, 0) is 14.0 Å². The fraction of sp³-hybridized carbons (Fsp3) is 0.667. The Balaban J connectivity index is 1.44. The standard InChI is InChI=1S/C24H34BN3O4/c1-22(2,3)30-21(29)28-16-10-8-14(12-16)19(28)20-26-17-11-9-15(13-18(17)27-20)25-31-23(4,5)24(6,7)32-25/h9,11,13-14,16,19H,8,10,12H2,1-7H3,(H,26,27)/t14-,16+,19-/m1/s1. The van der Waals surface area contributed by atoms with Crippen LogP contribution >= 0.6 is 0 Å². The molecular formula is C24H34BN3O4. The highest BCUT2D eigenvalue weighted by molar-refractivity contribution is 6.62. The van der Waals surface area contributed by atoms with Crippen LogP contribution in [0.5, 0.6) is 0 Å². The Morgan fingerprint density at radius 1 is 1.19 bits per heavy atom. The van der Waals surface area contributed by atoms with Gasteiger partial charge in [0.05, 0.1) is 28.3 Å². The fourth-order valence-electron chi connectivity index (χ4n) is 5.23. The zero-order chi connectivity index (χ0) is 23.1. The molecule has 3 atom stereocenters. The predicted octanol–water partition coefficient (Wildman–Crippen LogP) is 4.32. The lowest BCUT2D eigenvalue weighted by Crippen LogP contribution is -2.43. The van der Waals surface area contributed by atoms with Gasteiger partial charge in [0.2, 0.25) is 0 Å². The minimum absolute atomic E-state index is 0.0729. The lowest BCUT2D eigenvalue weighted by atomic mass is 9.79. The Bertz CT molecular complexity index is 1040. The van der Waals surface area contributed by atoms with Crippen molar-refractivity contribution in [2.45, 2.75) is 96.6 Å². The number of imidazole rings is 1. The zero-order valence-electron chi connectivity index (χ0n) is 20.2. The number of amides is 1. The number of fused-ring (bicyclic) bond motifs is 3. The maximum Gasteiger partial charge on any atom is 0.494 e. The molecule has 172 valence electrons. The Kier molecular flexibility index (Phi) is 4.74. The molecule has 0 radical (unpaired) electrons. The number of ether oxygens (including phenoxy) is 1. The predicted molar refractivity (Wildman–Crippen MR) is 124 cm³/mol. The van der Waals surface area contributed by atoms with E-state index in [9.17, 15) is 4.79 Å². The summed E-state index contributed by atoms with van der Waals surface area (Å²) in [6.45, 7) is 14.0. The van der Waals surface area contributed by atoms with Gasteiger partial charge in [0.15, 0.2) is 0 Å². The van der Waals surface area contributed by atoms with Crippen molar-refractivity contribution in [1.29, 1.82) is 0 Å². The number of carbonyl (C=O) groups is 1. The van der Waals surface area contributed by atoms with E-state index in [0.717, 1.165) is 41.6 Å². The van der Waals surface area contributed by atoms with Gasteiger partial charge < -0.3 is 19.0 Å². The summed E-state index contributed by atoms with van der Waals surface area (Å²) in [6.07, 6.45) is 2.92. The SMILES string of the molecule is CC(C)(C)OC(=O)N1[C@H]2CC[C@H](C2)[C@@H]1c1nc2ccc(B3OC(C)(C)C(C)(C)O3)cc2[nH]1. The van der Waals surface area contributed by atoms with E-state index in [1.807, 2.05) is 37.8 Å². The van der Waals surface area contributed by atoms with Gasteiger partial charge in [-0.1, -0.05) is 6.07 Å². The summed E-state index contributed by atoms with van der Waals surface area (Å²) in [5, 5.41) is 0. The average Bonchev–Trinajstić information content (AvgIpc) is 3.41. The molecule has 2 saturated heterocycles. The van der Waals surface area contributed by atoms with Crippen LogP contribution < -0.4 is 5.46 Å². The van der Waals surface area contributed by atoms with Gasteiger partial charge in [-0.3, -0.25) is 4.90 Å². The van der Waals surface area contributed by atoms with Crippen molar-refractivity contribution >= 4 is 29.7 Å². The van der Waals surface area contributed by atoms with Gasteiger partial charge in [0.25, 0.3) is 0 Å².